The van der Waals surface area contributed by atoms with Gasteiger partial charge in [0.05, 0.1) is 0 Å². The standard InChI is InChI=1S/C34H38Br4/c1-19-27(35)5-25(6-28(19)36)31-9-21-3-22(10-31)14-33(13-21,17-31)34-15-23-4-24(16-34)12-32(11-23,18-34)26-7-29(37)20(2)30(38)8-26/h5-8,21-24H,3-4,9-18H2,1-2H3. The van der Waals surface area contributed by atoms with Crippen LogP contribution < -0.4 is 0 Å². The second-order valence-electron chi connectivity index (χ2n) is 15.2. The van der Waals surface area contributed by atoms with Gasteiger partial charge in [-0.3, -0.25) is 0 Å². The molecule has 8 fully saturated rings. The Balaban J connectivity index is 1.24. The first kappa shape index (κ1) is 26.0. The number of hydrogen-bond acceptors (Lipinski definition) is 0. The molecule has 2 aromatic carbocycles. The minimum absolute atomic E-state index is 0.384. The molecule has 0 heterocycles. The van der Waals surface area contributed by atoms with E-state index in [9.17, 15) is 0 Å². The van der Waals surface area contributed by atoms with Crippen LogP contribution in [-0.4, -0.2) is 0 Å². The fraction of sp³-hybridized carbons (Fsp3) is 0.647. The summed E-state index contributed by atoms with van der Waals surface area (Å²) in [4.78, 5) is 0. The van der Waals surface area contributed by atoms with Gasteiger partial charge < -0.3 is 0 Å². The Kier molecular flexibility index (Phi) is 5.80. The summed E-state index contributed by atoms with van der Waals surface area (Å²) in [5, 5.41) is 0. The zero-order valence-corrected chi connectivity index (χ0v) is 29.0. The average molecular weight is 766 g/mol. The molecule has 4 unspecified atom stereocenters. The topological polar surface area (TPSA) is 0 Å². The van der Waals surface area contributed by atoms with E-state index in [1.807, 2.05) is 0 Å². The predicted molar refractivity (Wildman–Crippen MR) is 171 cm³/mol. The van der Waals surface area contributed by atoms with Crippen molar-refractivity contribution < 1.29 is 0 Å². The van der Waals surface area contributed by atoms with Crippen LogP contribution in [0.25, 0.3) is 0 Å². The molecule has 0 radical (unpaired) electrons. The van der Waals surface area contributed by atoms with E-state index in [-0.39, 0.29) is 0 Å². The Morgan fingerprint density at radius 2 is 0.789 bits per heavy atom. The monoisotopic (exact) mass is 762 g/mol. The highest BCUT2D eigenvalue weighted by Gasteiger charge is 2.70. The Labute approximate surface area is 262 Å². The zero-order chi connectivity index (χ0) is 26.2. The molecule has 0 nitrogen and oxygen atoms in total. The van der Waals surface area contributed by atoms with Crippen LogP contribution in [0.1, 0.15) is 99.3 Å². The third kappa shape index (κ3) is 3.54. The lowest BCUT2D eigenvalue weighted by Crippen LogP contribution is -2.66. The van der Waals surface area contributed by atoms with Crippen molar-refractivity contribution in [1.29, 1.82) is 0 Å². The van der Waals surface area contributed by atoms with Crippen molar-refractivity contribution in [1.82, 2.24) is 0 Å². The van der Waals surface area contributed by atoms with Crippen LogP contribution in [0.4, 0.5) is 0 Å². The van der Waals surface area contributed by atoms with E-state index in [0.29, 0.717) is 21.7 Å². The normalized spacial score (nSPS) is 44.3. The molecule has 8 aliphatic carbocycles. The average Bonchev–Trinajstić information content (AvgIpc) is 2.83. The smallest absolute Gasteiger partial charge is 0.0218 e. The second kappa shape index (κ2) is 8.47. The van der Waals surface area contributed by atoms with Crippen molar-refractivity contribution in [3.63, 3.8) is 0 Å². The van der Waals surface area contributed by atoms with Gasteiger partial charge >= 0.3 is 0 Å². The van der Waals surface area contributed by atoms with Gasteiger partial charge in [0.2, 0.25) is 0 Å². The van der Waals surface area contributed by atoms with Crippen LogP contribution in [0.2, 0.25) is 0 Å². The molecule has 4 atom stereocenters. The van der Waals surface area contributed by atoms with E-state index >= 15 is 0 Å². The largest absolute Gasteiger partial charge is 0.0505 e. The third-order valence-corrected chi connectivity index (χ3v) is 16.3. The van der Waals surface area contributed by atoms with Crippen molar-refractivity contribution in [3.8, 4) is 0 Å². The molecule has 38 heavy (non-hydrogen) atoms. The Morgan fingerprint density at radius 3 is 1.08 bits per heavy atom. The molecular formula is C34H38Br4. The van der Waals surface area contributed by atoms with Crippen molar-refractivity contribution in [2.45, 2.75) is 102 Å². The highest BCUT2D eigenvalue weighted by atomic mass is 79.9. The van der Waals surface area contributed by atoms with Gasteiger partial charge in [0.1, 0.15) is 0 Å². The minimum atomic E-state index is 0.384. The van der Waals surface area contributed by atoms with Crippen LogP contribution in [-0.2, 0) is 10.8 Å². The Hall–Kier alpha value is 0.360. The van der Waals surface area contributed by atoms with E-state index in [1.165, 1.54) is 106 Å². The van der Waals surface area contributed by atoms with E-state index < -0.39 is 0 Å². The van der Waals surface area contributed by atoms with Gasteiger partial charge in [0, 0.05) is 17.9 Å². The maximum absolute atomic E-state index is 3.93. The summed E-state index contributed by atoms with van der Waals surface area (Å²) in [5.74, 6) is 3.73. The molecule has 4 heteroatoms. The first-order chi connectivity index (χ1) is 18.0. The van der Waals surface area contributed by atoms with Gasteiger partial charge in [0.15, 0.2) is 0 Å². The lowest BCUT2D eigenvalue weighted by molar-refractivity contribution is -0.212. The molecule has 0 aromatic heterocycles. The fourth-order valence-corrected chi connectivity index (χ4v) is 14.7. The molecule has 8 saturated carbocycles. The fourth-order valence-electron chi connectivity index (χ4n) is 12.3. The Bertz CT molecular complexity index is 1180. The molecule has 0 amide bonds. The van der Waals surface area contributed by atoms with Gasteiger partial charge in [0.25, 0.3) is 0 Å². The lowest BCUT2D eigenvalue weighted by atomic mass is 9.30. The van der Waals surface area contributed by atoms with Crippen LogP contribution in [0.3, 0.4) is 0 Å². The summed E-state index contributed by atoms with van der Waals surface area (Å²) >= 11 is 15.7. The van der Waals surface area contributed by atoms with Crippen LogP contribution in [0, 0.1) is 48.3 Å². The molecule has 0 saturated heterocycles. The second-order valence-corrected chi connectivity index (χ2v) is 18.6. The number of benzene rings is 2. The minimum Gasteiger partial charge on any atom is -0.0505 e. The molecule has 8 aliphatic rings. The van der Waals surface area contributed by atoms with Gasteiger partial charge in [-0.1, -0.05) is 63.7 Å². The summed E-state index contributed by atoms with van der Waals surface area (Å²) in [5.41, 5.74) is 7.80. The van der Waals surface area contributed by atoms with Crippen molar-refractivity contribution >= 4 is 63.7 Å². The molecule has 0 spiro atoms. The molecular weight excluding hydrogens is 728 g/mol. The molecule has 10 rings (SSSR count). The van der Waals surface area contributed by atoms with Gasteiger partial charge in [-0.05, 0) is 183 Å². The predicted octanol–water partition coefficient (Wildman–Crippen LogP) is 11.7. The van der Waals surface area contributed by atoms with Crippen molar-refractivity contribution in [3.05, 3.63) is 64.4 Å². The van der Waals surface area contributed by atoms with Crippen LogP contribution in [0.15, 0.2) is 42.2 Å². The van der Waals surface area contributed by atoms with E-state index in [4.69, 9.17) is 0 Å². The highest BCUT2D eigenvalue weighted by molar-refractivity contribution is 9.11. The third-order valence-electron chi connectivity index (χ3n) is 13.0. The van der Waals surface area contributed by atoms with Crippen molar-refractivity contribution in [2.24, 2.45) is 34.5 Å². The summed E-state index contributed by atoms with van der Waals surface area (Å²) in [6.07, 6.45) is 17.7. The van der Waals surface area contributed by atoms with Gasteiger partial charge in [-0.25, -0.2) is 0 Å². The maximum atomic E-state index is 3.93. The van der Waals surface area contributed by atoms with Crippen LogP contribution in [0.5, 0.6) is 0 Å². The Morgan fingerprint density at radius 1 is 0.500 bits per heavy atom. The molecule has 0 N–H and O–H groups in total. The maximum Gasteiger partial charge on any atom is 0.0218 e. The summed E-state index contributed by atoms with van der Waals surface area (Å²) in [6, 6.07) is 10.1. The molecule has 2 aromatic rings. The number of halogens is 4. The lowest BCUT2D eigenvalue weighted by Gasteiger charge is -2.74. The van der Waals surface area contributed by atoms with Crippen LogP contribution >= 0.6 is 63.7 Å². The summed E-state index contributed by atoms with van der Waals surface area (Å²) in [6.45, 7) is 4.46. The SMILES string of the molecule is Cc1c(Br)cc(C23CC4CC(C2)CC(C25CC6CC(CC(c7cc(Br)c(C)c(Br)c7)(C6)C2)C5)(C4)C3)cc1Br. The van der Waals surface area contributed by atoms with E-state index in [1.54, 1.807) is 11.1 Å². The zero-order valence-electron chi connectivity index (χ0n) is 22.6. The summed E-state index contributed by atoms with van der Waals surface area (Å²) < 4.78 is 5.15. The first-order valence-corrected chi connectivity index (χ1v) is 18.1. The molecule has 0 aliphatic heterocycles. The van der Waals surface area contributed by atoms with Crippen molar-refractivity contribution in [2.75, 3.05) is 0 Å². The first-order valence-electron chi connectivity index (χ1n) is 15.0. The number of rotatable bonds is 3. The molecule has 8 bridgehead atoms. The molecule has 202 valence electrons. The number of hydrogen-bond donors (Lipinski definition) is 0. The van der Waals surface area contributed by atoms with Gasteiger partial charge in [-0.15, -0.1) is 0 Å². The van der Waals surface area contributed by atoms with Gasteiger partial charge in [-0.2, -0.15) is 0 Å². The highest BCUT2D eigenvalue weighted by Crippen LogP contribution is 2.79. The van der Waals surface area contributed by atoms with E-state index in [2.05, 4.69) is 102 Å². The summed E-state index contributed by atoms with van der Waals surface area (Å²) in [7, 11) is 0. The quantitative estimate of drug-likeness (QED) is 0.292. The van der Waals surface area contributed by atoms with E-state index in [0.717, 1.165) is 23.7 Å².